The first-order valence-electron chi connectivity index (χ1n) is 8.16. The molecule has 3 rings (SSSR count). The second-order valence-electron chi connectivity index (χ2n) is 6.24. The first-order chi connectivity index (χ1) is 10.8. The van der Waals surface area contributed by atoms with Gasteiger partial charge in [-0.2, -0.15) is 0 Å². The van der Waals surface area contributed by atoms with E-state index in [0.29, 0.717) is 6.42 Å². The molecule has 22 heavy (non-hydrogen) atoms. The third-order valence-corrected chi connectivity index (χ3v) is 4.63. The van der Waals surface area contributed by atoms with E-state index in [1.54, 1.807) is 0 Å². The van der Waals surface area contributed by atoms with E-state index in [0.717, 1.165) is 44.0 Å². The molecule has 3 heteroatoms. The van der Waals surface area contributed by atoms with Crippen molar-refractivity contribution in [2.24, 2.45) is 5.92 Å². The number of hydrogen-bond acceptors (Lipinski definition) is 2. The standard InChI is InChI=1S/C19H24N2O/c1-20-14-15-8-10-21(11-9-15)19(22)13-16-6-7-17-4-2-3-5-18(17)12-16/h2-7,12,15,20H,8-11,13-14H2,1H3. The lowest BCUT2D eigenvalue weighted by atomic mass is 9.96. The van der Waals surface area contributed by atoms with Crippen LogP contribution in [0.3, 0.4) is 0 Å². The lowest BCUT2D eigenvalue weighted by molar-refractivity contribution is -0.131. The predicted molar refractivity (Wildman–Crippen MR) is 90.9 cm³/mol. The topological polar surface area (TPSA) is 32.3 Å². The third kappa shape index (κ3) is 3.47. The van der Waals surface area contributed by atoms with Crippen LogP contribution in [0.2, 0.25) is 0 Å². The minimum Gasteiger partial charge on any atom is -0.342 e. The molecule has 0 saturated carbocycles. The quantitative estimate of drug-likeness (QED) is 0.941. The van der Waals surface area contributed by atoms with E-state index in [-0.39, 0.29) is 5.91 Å². The molecule has 1 saturated heterocycles. The molecule has 1 fully saturated rings. The van der Waals surface area contributed by atoms with E-state index in [2.05, 4.69) is 35.6 Å². The van der Waals surface area contributed by atoms with Crippen LogP contribution in [0.15, 0.2) is 42.5 Å². The second kappa shape index (κ2) is 6.93. The zero-order valence-corrected chi connectivity index (χ0v) is 13.2. The van der Waals surface area contributed by atoms with Gasteiger partial charge in [0.15, 0.2) is 0 Å². The Bertz CT molecular complexity index is 645. The highest BCUT2D eigenvalue weighted by molar-refractivity contribution is 5.85. The van der Waals surface area contributed by atoms with Crippen molar-refractivity contribution in [3.8, 4) is 0 Å². The van der Waals surface area contributed by atoms with Crippen molar-refractivity contribution >= 4 is 16.7 Å². The number of benzene rings is 2. The summed E-state index contributed by atoms with van der Waals surface area (Å²) >= 11 is 0. The molecule has 0 atom stereocenters. The zero-order chi connectivity index (χ0) is 15.4. The molecule has 3 nitrogen and oxygen atoms in total. The Hall–Kier alpha value is -1.87. The summed E-state index contributed by atoms with van der Waals surface area (Å²) in [5.74, 6) is 0.980. The minimum atomic E-state index is 0.262. The van der Waals surface area contributed by atoms with Crippen molar-refractivity contribution in [1.29, 1.82) is 0 Å². The van der Waals surface area contributed by atoms with Gasteiger partial charge in [-0.1, -0.05) is 42.5 Å². The van der Waals surface area contributed by atoms with Crippen LogP contribution in [-0.4, -0.2) is 37.5 Å². The predicted octanol–water partition coefficient (Wildman–Crippen LogP) is 2.84. The maximum absolute atomic E-state index is 12.5. The molecule has 1 amide bonds. The van der Waals surface area contributed by atoms with Gasteiger partial charge in [-0.05, 0) is 48.7 Å². The normalized spacial score (nSPS) is 16.1. The summed E-state index contributed by atoms with van der Waals surface area (Å²) in [7, 11) is 2.00. The molecule has 1 N–H and O–H groups in total. The van der Waals surface area contributed by atoms with Crippen LogP contribution in [0.4, 0.5) is 0 Å². The molecule has 2 aromatic carbocycles. The lowest BCUT2D eigenvalue weighted by Gasteiger charge is -2.32. The van der Waals surface area contributed by atoms with Gasteiger partial charge in [0, 0.05) is 13.1 Å². The summed E-state index contributed by atoms with van der Waals surface area (Å²) in [5, 5.41) is 5.67. The van der Waals surface area contributed by atoms with Crippen LogP contribution in [0, 0.1) is 5.92 Å². The number of carbonyl (C=O) groups excluding carboxylic acids is 1. The number of piperidine rings is 1. The Kier molecular flexibility index (Phi) is 4.74. The maximum Gasteiger partial charge on any atom is 0.226 e. The van der Waals surface area contributed by atoms with Crippen molar-refractivity contribution in [3.63, 3.8) is 0 Å². The molecule has 0 spiro atoms. The molecule has 1 aliphatic heterocycles. The lowest BCUT2D eigenvalue weighted by Crippen LogP contribution is -2.41. The van der Waals surface area contributed by atoms with Crippen LogP contribution in [0.5, 0.6) is 0 Å². The van der Waals surface area contributed by atoms with Gasteiger partial charge in [-0.3, -0.25) is 4.79 Å². The number of likely N-dealkylation sites (tertiary alicyclic amines) is 1. The Morgan fingerprint density at radius 1 is 1.14 bits per heavy atom. The number of nitrogens with zero attached hydrogens (tertiary/aromatic N) is 1. The van der Waals surface area contributed by atoms with Crippen LogP contribution < -0.4 is 5.32 Å². The van der Waals surface area contributed by atoms with Crippen LogP contribution >= 0.6 is 0 Å². The van der Waals surface area contributed by atoms with Gasteiger partial charge in [0.05, 0.1) is 6.42 Å². The van der Waals surface area contributed by atoms with Crippen LogP contribution in [0.1, 0.15) is 18.4 Å². The van der Waals surface area contributed by atoms with Gasteiger partial charge in [-0.25, -0.2) is 0 Å². The van der Waals surface area contributed by atoms with Crippen LogP contribution in [0.25, 0.3) is 10.8 Å². The summed E-state index contributed by atoms with van der Waals surface area (Å²) in [6.07, 6.45) is 2.75. The second-order valence-corrected chi connectivity index (χ2v) is 6.24. The molecule has 0 aliphatic carbocycles. The summed E-state index contributed by atoms with van der Waals surface area (Å²) in [5.41, 5.74) is 1.11. The maximum atomic E-state index is 12.5. The van der Waals surface area contributed by atoms with Gasteiger partial charge in [0.25, 0.3) is 0 Å². The average Bonchev–Trinajstić information content (AvgIpc) is 2.56. The van der Waals surface area contributed by atoms with Crippen LogP contribution in [-0.2, 0) is 11.2 Å². The highest BCUT2D eigenvalue weighted by atomic mass is 16.2. The zero-order valence-electron chi connectivity index (χ0n) is 13.2. The smallest absolute Gasteiger partial charge is 0.226 e. The Morgan fingerprint density at radius 2 is 1.86 bits per heavy atom. The average molecular weight is 296 g/mol. The molecule has 1 heterocycles. The molecule has 0 aromatic heterocycles. The first kappa shape index (κ1) is 15.0. The fourth-order valence-electron chi connectivity index (χ4n) is 3.31. The fourth-order valence-corrected chi connectivity index (χ4v) is 3.31. The number of hydrogen-bond donors (Lipinski definition) is 1. The molecule has 0 unspecified atom stereocenters. The Labute approximate surface area is 132 Å². The molecule has 0 bridgehead atoms. The fraction of sp³-hybridized carbons (Fsp3) is 0.421. The number of carbonyl (C=O) groups is 1. The Morgan fingerprint density at radius 3 is 2.59 bits per heavy atom. The van der Waals surface area contributed by atoms with E-state index in [1.807, 2.05) is 24.1 Å². The van der Waals surface area contributed by atoms with E-state index < -0.39 is 0 Å². The van der Waals surface area contributed by atoms with E-state index in [4.69, 9.17) is 0 Å². The summed E-state index contributed by atoms with van der Waals surface area (Å²) in [4.78, 5) is 14.5. The van der Waals surface area contributed by atoms with Gasteiger partial charge < -0.3 is 10.2 Å². The number of nitrogens with one attached hydrogen (secondary N) is 1. The summed E-state index contributed by atoms with van der Waals surface area (Å²) in [6.45, 7) is 2.87. The van der Waals surface area contributed by atoms with Gasteiger partial charge in [0.2, 0.25) is 5.91 Å². The van der Waals surface area contributed by atoms with Crippen molar-refractivity contribution < 1.29 is 4.79 Å². The molecule has 0 radical (unpaired) electrons. The van der Waals surface area contributed by atoms with E-state index in [1.165, 1.54) is 10.8 Å². The first-order valence-corrected chi connectivity index (χ1v) is 8.16. The largest absolute Gasteiger partial charge is 0.342 e. The molecule has 2 aromatic rings. The number of rotatable bonds is 4. The summed E-state index contributed by atoms with van der Waals surface area (Å²) < 4.78 is 0. The third-order valence-electron chi connectivity index (χ3n) is 4.63. The molecular formula is C19H24N2O. The van der Waals surface area contributed by atoms with Gasteiger partial charge in [0.1, 0.15) is 0 Å². The highest BCUT2D eigenvalue weighted by Crippen LogP contribution is 2.19. The van der Waals surface area contributed by atoms with Gasteiger partial charge >= 0.3 is 0 Å². The number of fused-ring (bicyclic) bond motifs is 1. The van der Waals surface area contributed by atoms with Gasteiger partial charge in [-0.15, -0.1) is 0 Å². The monoisotopic (exact) mass is 296 g/mol. The highest BCUT2D eigenvalue weighted by Gasteiger charge is 2.22. The van der Waals surface area contributed by atoms with E-state index in [9.17, 15) is 4.79 Å². The van der Waals surface area contributed by atoms with E-state index >= 15 is 0 Å². The minimum absolute atomic E-state index is 0.262. The van der Waals surface area contributed by atoms with Crippen molar-refractivity contribution in [3.05, 3.63) is 48.0 Å². The van der Waals surface area contributed by atoms with Crippen molar-refractivity contribution in [2.45, 2.75) is 19.3 Å². The van der Waals surface area contributed by atoms with Crippen molar-refractivity contribution in [2.75, 3.05) is 26.7 Å². The SMILES string of the molecule is CNCC1CCN(C(=O)Cc2ccc3ccccc3c2)CC1. The van der Waals surface area contributed by atoms with Crippen molar-refractivity contribution in [1.82, 2.24) is 10.2 Å². The molecule has 116 valence electrons. The Balaban J connectivity index is 1.61. The molecular weight excluding hydrogens is 272 g/mol. The summed E-state index contributed by atoms with van der Waals surface area (Å²) in [6, 6.07) is 14.6. The number of amides is 1. The molecule has 1 aliphatic rings.